The number of benzene rings is 4. The van der Waals surface area contributed by atoms with Crippen molar-refractivity contribution in [3.63, 3.8) is 0 Å². The summed E-state index contributed by atoms with van der Waals surface area (Å²) >= 11 is 0. The van der Waals surface area contributed by atoms with Crippen molar-refractivity contribution in [2.24, 2.45) is 4.99 Å². The van der Waals surface area contributed by atoms with Crippen molar-refractivity contribution in [3.05, 3.63) is 108 Å². The molecule has 0 fully saturated rings. The number of hydrogen-bond acceptors (Lipinski definition) is 2. The average molecular weight is 391 g/mol. The number of aliphatic imine (C=N–C) groups is 1. The molecule has 1 heterocycles. The first-order chi connectivity index (χ1) is 14.7. The zero-order chi connectivity index (χ0) is 20.4. The van der Waals surface area contributed by atoms with E-state index in [0.717, 1.165) is 19.5 Å². The Balaban J connectivity index is 1.33. The molecule has 0 spiro atoms. The highest BCUT2D eigenvalue weighted by Gasteiger charge is 2.34. The molecule has 0 saturated heterocycles. The lowest BCUT2D eigenvalue weighted by molar-refractivity contribution is 0.221. The topological polar surface area (TPSA) is 15.6 Å². The van der Waals surface area contributed by atoms with Gasteiger partial charge in [0.1, 0.15) is 0 Å². The van der Waals surface area contributed by atoms with Crippen LogP contribution < -0.4 is 0 Å². The lowest BCUT2D eigenvalue weighted by Gasteiger charge is -2.35. The quantitative estimate of drug-likeness (QED) is 0.387. The van der Waals surface area contributed by atoms with E-state index in [2.05, 4.69) is 114 Å². The summed E-state index contributed by atoms with van der Waals surface area (Å²) in [5.41, 5.74) is 5.20. The number of hydrogen-bond donors (Lipinski definition) is 0. The van der Waals surface area contributed by atoms with Gasteiger partial charge in [0.25, 0.3) is 0 Å². The molecule has 0 radical (unpaired) electrons. The smallest absolute Gasteiger partial charge is 0.0859 e. The first-order valence-electron chi connectivity index (χ1n) is 10.6. The van der Waals surface area contributed by atoms with Crippen LogP contribution in [-0.4, -0.2) is 23.3 Å². The Bertz CT molecular complexity index is 1180. The monoisotopic (exact) mass is 390 g/mol. The molecule has 0 N–H and O–H groups in total. The summed E-state index contributed by atoms with van der Waals surface area (Å²) in [4.78, 5) is 7.04. The van der Waals surface area contributed by atoms with E-state index in [1.807, 2.05) is 6.34 Å². The number of nitrogens with zero attached hydrogens (tertiary/aromatic N) is 2. The molecule has 2 heteroatoms. The van der Waals surface area contributed by atoms with E-state index in [1.54, 1.807) is 0 Å². The van der Waals surface area contributed by atoms with Crippen LogP contribution in [-0.2, 0) is 13.0 Å². The molecule has 0 aromatic heterocycles. The highest BCUT2D eigenvalue weighted by Crippen LogP contribution is 2.28. The van der Waals surface area contributed by atoms with E-state index >= 15 is 0 Å². The van der Waals surface area contributed by atoms with Crippen molar-refractivity contribution < 1.29 is 0 Å². The summed E-state index contributed by atoms with van der Waals surface area (Å²) in [7, 11) is 0. The van der Waals surface area contributed by atoms with Gasteiger partial charge in [-0.1, -0.05) is 91.0 Å². The van der Waals surface area contributed by atoms with Gasteiger partial charge < -0.3 is 4.90 Å². The molecule has 0 bridgehead atoms. The predicted molar refractivity (Wildman–Crippen MR) is 127 cm³/mol. The van der Waals surface area contributed by atoms with Crippen LogP contribution in [0.1, 0.15) is 18.1 Å². The van der Waals surface area contributed by atoms with Gasteiger partial charge in [0.15, 0.2) is 0 Å². The van der Waals surface area contributed by atoms with Crippen molar-refractivity contribution in [3.8, 4) is 11.1 Å². The molecule has 1 atom stereocenters. The average Bonchev–Trinajstić information content (AvgIpc) is 3.14. The van der Waals surface area contributed by atoms with Crippen LogP contribution in [0.3, 0.4) is 0 Å². The third-order valence-corrected chi connectivity index (χ3v) is 6.16. The molecule has 4 aromatic carbocycles. The summed E-state index contributed by atoms with van der Waals surface area (Å²) < 4.78 is 0. The standard InChI is InChI=1S/C28H26N2/c1-28(18-22-11-14-26(15-12-22)24-7-3-2-4-8-24)20-29-21-30(28)19-23-13-16-25-9-5-6-10-27(25)17-23/h2-17,21H,18-20H2,1H3. The maximum atomic E-state index is 4.64. The SMILES string of the molecule is CC1(Cc2ccc(-c3ccccc3)cc2)CN=CN1Cc1ccc2ccccc2c1. The maximum absolute atomic E-state index is 4.64. The molecule has 0 aliphatic carbocycles. The molecular formula is C28H26N2. The highest BCUT2D eigenvalue weighted by atomic mass is 15.3. The second-order valence-corrected chi connectivity index (χ2v) is 8.50. The largest absolute Gasteiger partial charge is 0.351 e. The van der Waals surface area contributed by atoms with Crippen LogP contribution in [0, 0.1) is 0 Å². The van der Waals surface area contributed by atoms with Crippen LogP contribution in [0.4, 0.5) is 0 Å². The lowest BCUT2D eigenvalue weighted by atomic mass is 9.90. The lowest BCUT2D eigenvalue weighted by Crippen LogP contribution is -2.45. The molecule has 2 nitrogen and oxygen atoms in total. The van der Waals surface area contributed by atoms with E-state index in [1.165, 1.54) is 33.0 Å². The second-order valence-electron chi connectivity index (χ2n) is 8.50. The van der Waals surface area contributed by atoms with E-state index in [9.17, 15) is 0 Å². The molecular weight excluding hydrogens is 364 g/mol. The fraction of sp³-hybridized carbons (Fsp3) is 0.179. The van der Waals surface area contributed by atoms with Gasteiger partial charge in [-0.2, -0.15) is 0 Å². The first-order valence-corrected chi connectivity index (χ1v) is 10.6. The van der Waals surface area contributed by atoms with E-state index in [-0.39, 0.29) is 5.54 Å². The second kappa shape index (κ2) is 7.79. The zero-order valence-corrected chi connectivity index (χ0v) is 17.3. The molecule has 1 aliphatic rings. The van der Waals surface area contributed by atoms with Gasteiger partial charge >= 0.3 is 0 Å². The van der Waals surface area contributed by atoms with Crippen LogP contribution in [0.5, 0.6) is 0 Å². The van der Waals surface area contributed by atoms with Crippen LogP contribution >= 0.6 is 0 Å². The Kier molecular flexibility index (Phi) is 4.84. The van der Waals surface area contributed by atoms with Gasteiger partial charge in [0.05, 0.1) is 18.4 Å². The van der Waals surface area contributed by atoms with Gasteiger partial charge in [-0.3, -0.25) is 4.99 Å². The minimum atomic E-state index is -0.0000907. The third-order valence-electron chi connectivity index (χ3n) is 6.16. The minimum Gasteiger partial charge on any atom is -0.351 e. The van der Waals surface area contributed by atoms with Gasteiger partial charge in [-0.25, -0.2) is 0 Å². The Labute approximate surface area is 178 Å². The summed E-state index contributed by atoms with van der Waals surface area (Å²) in [6, 6.07) is 34.9. The summed E-state index contributed by atoms with van der Waals surface area (Å²) in [5, 5.41) is 2.59. The Hall–Kier alpha value is -3.39. The molecule has 4 aromatic rings. The van der Waals surface area contributed by atoms with E-state index < -0.39 is 0 Å². The van der Waals surface area contributed by atoms with Crippen molar-refractivity contribution in [1.82, 2.24) is 4.90 Å². The molecule has 1 aliphatic heterocycles. The molecule has 0 amide bonds. The van der Waals surface area contributed by atoms with Crippen LogP contribution in [0.15, 0.2) is 102 Å². The van der Waals surface area contributed by atoms with Crippen molar-refractivity contribution in [2.45, 2.75) is 25.4 Å². The Morgan fingerprint density at radius 3 is 2.20 bits per heavy atom. The molecule has 5 rings (SSSR count). The fourth-order valence-electron chi connectivity index (χ4n) is 4.37. The van der Waals surface area contributed by atoms with Gasteiger partial charge in [0, 0.05) is 6.54 Å². The van der Waals surface area contributed by atoms with Crippen molar-refractivity contribution >= 4 is 17.1 Å². The zero-order valence-electron chi connectivity index (χ0n) is 17.3. The molecule has 0 saturated carbocycles. The molecule has 148 valence electrons. The highest BCUT2D eigenvalue weighted by molar-refractivity contribution is 5.83. The normalized spacial score (nSPS) is 18.2. The van der Waals surface area contributed by atoms with Crippen molar-refractivity contribution in [2.75, 3.05) is 6.54 Å². The summed E-state index contributed by atoms with van der Waals surface area (Å²) in [6.07, 6.45) is 3.02. The first kappa shape index (κ1) is 18.6. The molecule has 1 unspecified atom stereocenters. The van der Waals surface area contributed by atoms with Gasteiger partial charge in [-0.15, -0.1) is 0 Å². The minimum absolute atomic E-state index is 0.0000907. The predicted octanol–water partition coefficient (Wildman–Crippen LogP) is 6.35. The van der Waals surface area contributed by atoms with E-state index in [4.69, 9.17) is 0 Å². The fourth-order valence-corrected chi connectivity index (χ4v) is 4.37. The third kappa shape index (κ3) is 3.73. The summed E-state index contributed by atoms with van der Waals surface area (Å²) in [6.45, 7) is 4.04. The Morgan fingerprint density at radius 2 is 1.40 bits per heavy atom. The Morgan fingerprint density at radius 1 is 0.733 bits per heavy atom. The van der Waals surface area contributed by atoms with Gasteiger partial charge in [0.2, 0.25) is 0 Å². The van der Waals surface area contributed by atoms with Crippen LogP contribution in [0.2, 0.25) is 0 Å². The number of fused-ring (bicyclic) bond motifs is 1. The maximum Gasteiger partial charge on any atom is 0.0859 e. The van der Waals surface area contributed by atoms with Crippen LogP contribution in [0.25, 0.3) is 21.9 Å². The summed E-state index contributed by atoms with van der Waals surface area (Å²) in [5.74, 6) is 0. The van der Waals surface area contributed by atoms with Gasteiger partial charge in [-0.05, 0) is 52.4 Å². The molecule has 30 heavy (non-hydrogen) atoms. The van der Waals surface area contributed by atoms with E-state index in [0.29, 0.717) is 0 Å². The van der Waals surface area contributed by atoms with Crippen molar-refractivity contribution in [1.29, 1.82) is 0 Å². The number of rotatable bonds is 5.